The molecule has 1 N–H and O–H groups in total. The van der Waals surface area contributed by atoms with E-state index in [9.17, 15) is 14.0 Å². The van der Waals surface area contributed by atoms with Crippen LogP contribution in [0.15, 0.2) is 18.2 Å². The van der Waals surface area contributed by atoms with E-state index in [1.807, 2.05) is 6.07 Å². The Kier molecular flexibility index (Phi) is 4.33. The van der Waals surface area contributed by atoms with E-state index < -0.39 is 11.8 Å². The van der Waals surface area contributed by atoms with Crippen LogP contribution >= 0.6 is 0 Å². The molecule has 0 spiro atoms. The largest absolute Gasteiger partial charge is 0.371 e. The lowest BCUT2D eigenvalue weighted by molar-refractivity contribution is -0.152. The van der Waals surface area contributed by atoms with Crippen LogP contribution in [0.4, 0.5) is 10.1 Å². The summed E-state index contributed by atoms with van der Waals surface area (Å²) in [5.41, 5.74) is 1.73. The molecule has 4 rings (SSSR count). The molecule has 0 aromatic heterocycles. The number of amides is 2. The molecule has 0 aliphatic carbocycles. The molecule has 3 fully saturated rings. The number of hydrogen-bond acceptors (Lipinski definition) is 4. The summed E-state index contributed by atoms with van der Waals surface area (Å²) in [6, 6.07) is 5.28. The van der Waals surface area contributed by atoms with E-state index in [1.54, 1.807) is 11.0 Å². The van der Waals surface area contributed by atoms with Gasteiger partial charge in [0.05, 0.1) is 6.04 Å². The van der Waals surface area contributed by atoms with Gasteiger partial charge in [0, 0.05) is 57.1 Å². The van der Waals surface area contributed by atoms with Crippen LogP contribution < -0.4 is 10.2 Å². The highest BCUT2D eigenvalue weighted by molar-refractivity contribution is 6.35. The number of benzene rings is 1. The maximum absolute atomic E-state index is 14.5. The molecule has 3 heterocycles. The maximum Gasteiger partial charge on any atom is 0.312 e. The second-order valence-corrected chi connectivity index (χ2v) is 7.03. The van der Waals surface area contributed by atoms with Crippen molar-refractivity contribution in [3.63, 3.8) is 0 Å². The van der Waals surface area contributed by atoms with Gasteiger partial charge < -0.3 is 15.1 Å². The van der Waals surface area contributed by atoms with Crippen LogP contribution in [0, 0.1) is 5.82 Å². The molecule has 1 aromatic carbocycles. The van der Waals surface area contributed by atoms with Crippen LogP contribution in [-0.2, 0) is 16.1 Å². The van der Waals surface area contributed by atoms with Crippen molar-refractivity contribution < 1.29 is 14.0 Å². The van der Waals surface area contributed by atoms with Crippen LogP contribution in [0.3, 0.4) is 0 Å². The zero-order valence-corrected chi connectivity index (χ0v) is 14.2. The summed E-state index contributed by atoms with van der Waals surface area (Å²) in [6.07, 6.45) is 2.30. The molecule has 134 valence electrons. The first-order valence-corrected chi connectivity index (χ1v) is 8.97. The molecule has 25 heavy (non-hydrogen) atoms. The summed E-state index contributed by atoms with van der Waals surface area (Å²) in [5, 5.41) is 2.64. The quantitative estimate of drug-likeness (QED) is 0.813. The Morgan fingerprint density at radius 3 is 2.72 bits per heavy atom. The van der Waals surface area contributed by atoms with Gasteiger partial charge in [0.2, 0.25) is 0 Å². The number of carbonyl (C=O) groups excluding carboxylic acids is 2. The van der Waals surface area contributed by atoms with Crippen molar-refractivity contribution in [2.24, 2.45) is 0 Å². The Morgan fingerprint density at radius 1 is 1.12 bits per heavy atom. The van der Waals surface area contributed by atoms with Crippen molar-refractivity contribution in [1.29, 1.82) is 0 Å². The van der Waals surface area contributed by atoms with Crippen molar-refractivity contribution in [2.75, 3.05) is 44.2 Å². The van der Waals surface area contributed by atoms with Crippen LogP contribution in [-0.4, -0.2) is 66.9 Å². The molecule has 0 saturated carbocycles. The zero-order valence-electron chi connectivity index (χ0n) is 14.2. The number of nitrogens with one attached hydrogen (secondary N) is 1. The van der Waals surface area contributed by atoms with Gasteiger partial charge in [0.25, 0.3) is 0 Å². The molecule has 0 radical (unpaired) electrons. The molecular formula is C18H23FN4O2. The first kappa shape index (κ1) is 16.3. The number of hydrogen-bond donors (Lipinski definition) is 1. The first-order chi connectivity index (χ1) is 12.1. The number of rotatable bonds is 3. The summed E-state index contributed by atoms with van der Waals surface area (Å²) < 4.78 is 14.5. The standard InChI is InChI=1S/C18H23FN4O2/c19-15-4-3-5-16(22-6-1-2-7-22)14(15)12-21-8-9-23-13(11-21)10-20-17(24)18(23)25/h3-5,13H,1-2,6-12H2,(H,20,24). The third-order valence-electron chi connectivity index (χ3n) is 5.44. The number of fused-ring (bicyclic) bond motifs is 1. The molecule has 3 saturated heterocycles. The van der Waals surface area contributed by atoms with E-state index in [0.29, 0.717) is 32.7 Å². The molecule has 3 aliphatic rings. The fourth-order valence-corrected chi connectivity index (χ4v) is 4.10. The predicted molar refractivity (Wildman–Crippen MR) is 91.6 cm³/mol. The average molecular weight is 346 g/mol. The lowest BCUT2D eigenvalue weighted by atomic mass is 10.1. The zero-order chi connectivity index (χ0) is 17.4. The summed E-state index contributed by atoms with van der Waals surface area (Å²) in [4.78, 5) is 29.5. The molecule has 3 aliphatic heterocycles. The number of nitrogens with zero attached hydrogens (tertiary/aromatic N) is 3. The molecule has 2 amide bonds. The van der Waals surface area contributed by atoms with E-state index in [1.165, 1.54) is 6.07 Å². The van der Waals surface area contributed by atoms with Crippen molar-refractivity contribution in [1.82, 2.24) is 15.1 Å². The monoisotopic (exact) mass is 346 g/mol. The predicted octanol–water partition coefficient (Wildman–Crippen LogP) is 0.568. The molecule has 1 unspecified atom stereocenters. The van der Waals surface area contributed by atoms with Gasteiger partial charge in [-0.25, -0.2) is 4.39 Å². The minimum atomic E-state index is -0.518. The van der Waals surface area contributed by atoms with Gasteiger partial charge >= 0.3 is 11.8 Å². The Bertz CT molecular complexity index is 690. The third kappa shape index (κ3) is 3.08. The van der Waals surface area contributed by atoms with Crippen molar-refractivity contribution in [2.45, 2.75) is 25.4 Å². The summed E-state index contributed by atoms with van der Waals surface area (Å²) >= 11 is 0. The Hall–Kier alpha value is -2.15. The number of halogens is 1. The number of anilines is 1. The fourth-order valence-electron chi connectivity index (χ4n) is 4.10. The molecule has 1 aromatic rings. The van der Waals surface area contributed by atoms with E-state index in [-0.39, 0.29) is 11.9 Å². The smallest absolute Gasteiger partial charge is 0.312 e. The second-order valence-electron chi connectivity index (χ2n) is 7.03. The number of carbonyl (C=O) groups is 2. The fraction of sp³-hybridized carbons (Fsp3) is 0.556. The molecular weight excluding hydrogens is 323 g/mol. The van der Waals surface area contributed by atoms with Crippen LogP contribution in [0.2, 0.25) is 0 Å². The van der Waals surface area contributed by atoms with E-state index >= 15 is 0 Å². The van der Waals surface area contributed by atoms with Crippen molar-refractivity contribution in [3.05, 3.63) is 29.6 Å². The van der Waals surface area contributed by atoms with E-state index in [2.05, 4.69) is 15.1 Å². The van der Waals surface area contributed by atoms with Gasteiger partial charge in [-0.3, -0.25) is 14.5 Å². The van der Waals surface area contributed by atoms with Gasteiger partial charge in [-0.15, -0.1) is 0 Å². The molecule has 6 nitrogen and oxygen atoms in total. The SMILES string of the molecule is O=C1NCC2CN(Cc3c(F)cccc3N3CCCC3)CCN2C1=O. The van der Waals surface area contributed by atoms with Crippen LogP contribution in [0.25, 0.3) is 0 Å². The summed E-state index contributed by atoms with van der Waals surface area (Å²) in [6.45, 7) is 4.79. The van der Waals surface area contributed by atoms with Gasteiger partial charge in [-0.1, -0.05) is 6.07 Å². The minimum absolute atomic E-state index is 0.0269. The van der Waals surface area contributed by atoms with Gasteiger partial charge in [0.15, 0.2) is 0 Å². The lowest BCUT2D eigenvalue weighted by Crippen LogP contribution is -2.65. The minimum Gasteiger partial charge on any atom is -0.371 e. The topological polar surface area (TPSA) is 55.9 Å². The van der Waals surface area contributed by atoms with Gasteiger partial charge in [-0.2, -0.15) is 0 Å². The summed E-state index contributed by atoms with van der Waals surface area (Å²) in [5.74, 6) is -1.13. The lowest BCUT2D eigenvalue weighted by Gasteiger charge is -2.43. The van der Waals surface area contributed by atoms with E-state index in [0.717, 1.165) is 37.2 Å². The molecule has 0 bridgehead atoms. The van der Waals surface area contributed by atoms with Crippen molar-refractivity contribution >= 4 is 17.5 Å². The summed E-state index contributed by atoms with van der Waals surface area (Å²) in [7, 11) is 0. The Morgan fingerprint density at radius 2 is 1.92 bits per heavy atom. The Labute approximate surface area is 146 Å². The normalized spacial score (nSPS) is 24.4. The maximum atomic E-state index is 14.5. The third-order valence-corrected chi connectivity index (χ3v) is 5.44. The van der Waals surface area contributed by atoms with E-state index in [4.69, 9.17) is 0 Å². The Balaban J connectivity index is 1.50. The second kappa shape index (κ2) is 6.63. The van der Waals surface area contributed by atoms with Gasteiger partial charge in [-0.05, 0) is 25.0 Å². The first-order valence-electron chi connectivity index (χ1n) is 8.97. The average Bonchev–Trinajstić information content (AvgIpc) is 3.14. The van der Waals surface area contributed by atoms with Crippen LogP contribution in [0.5, 0.6) is 0 Å². The highest BCUT2D eigenvalue weighted by atomic mass is 19.1. The molecule has 1 atom stereocenters. The van der Waals surface area contributed by atoms with Crippen molar-refractivity contribution in [3.8, 4) is 0 Å². The highest BCUT2D eigenvalue weighted by Gasteiger charge is 2.37. The van der Waals surface area contributed by atoms with Crippen LogP contribution in [0.1, 0.15) is 18.4 Å². The number of piperazine rings is 2. The highest BCUT2D eigenvalue weighted by Crippen LogP contribution is 2.28. The van der Waals surface area contributed by atoms with Gasteiger partial charge in [0.1, 0.15) is 5.82 Å². The molecule has 7 heteroatoms.